The van der Waals surface area contributed by atoms with Crippen LogP contribution in [0.2, 0.25) is 0 Å². The summed E-state index contributed by atoms with van der Waals surface area (Å²) in [4.78, 5) is 25.1. The van der Waals surface area contributed by atoms with E-state index in [-0.39, 0.29) is 36.8 Å². The Labute approximate surface area is 124 Å². The van der Waals surface area contributed by atoms with E-state index < -0.39 is 0 Å². The summed E-state index contributed by atoms with van der Waals surface area (Å²) in [7, 11) is 1.69. The Hall–Kier alpha value is -1.95. The Morgan fingerprint density at radius 3 is 2.33 bits per heavy atom. The summed E-state index contributed by atoms with van der Waals surface area (Å²) in [5, 5.41) is 5.48. The average Bonchev–Trinajstić information content (AvgIpc) is 2.40. The molecule has 5 nitrogen and oxygen atoms in total. The molecular weight excluding hydrogens is 273 g/mol. The van der Waals surface area contributed by atoms with Gasteiger partial charge in [-0.15, -0.1) is 0 Å². The van der Waals surface area contributed by atoms with E-state index >= 15 is 0 Å². The molecule has 2 N–H and O–H groups in total. The van der Waals surface area contributed by atoms with Gasteiger partial charge in [-0.05, 0) is 44.7 Å². The fourth-order valence-electron chi connectivity index (χ4n) is 1.70. The standard InChI is InChI=1S/C15H22FN3O2/c1-4-11(2)17-14(20)9-19(3)10-15(21)18-13-7-5-12(16)6-8-13/h5-8,11H,4,9-10H2,1-3H3,(H,17,20)(H,18,21)/t11-/m0/s1. The van der Waals surface area contributed by atoms with E-state index in [2.05, 4.69) is 10.6 Å². The van der Waals surface area contributed by atoms with Gasteiger partial charge < -0.3 is 10.6 Å². The van der Waals surface area contributed by atoms with Crippen LogP contribution in [0.4, 0.5) is 10.1 Å². The van der Waals surface area contributed by atoms with Gasteiger partial charge in [-0.25, -0.2) is 4.39 Å². The first-order valence-corrected chi connectivity index (χ1v) is 6.94. The SMILES string of the molecule is CC[C@H](C)NC(=O)CN(C)CC(=O)Nc1ccc(F)cc1. The molecule has 0 saturated carbocycles. The maximum atomic E-state index is 12.7. The molecule has 0 bridgehead atoms. The van der Waals surface area contributed by atoms with E-state index in [9.17, 15) is 14.0 Å². The highest BCUT2D eigenvalue weighted by molar-refractivity contribution is 5.92. The van der Waals surface area contributed by atoms with Gasteiger partial charge in [-0.3, -0.25) is 14.5 Å². The van der Waals surface area contributed by atoms with Crippen molar-refractivity contribution in [2.24, 2.45) is 0 Å². The summed E-state index contributed by atoms with van der Waals surface area (Å²) in [5.74, 6) is -0.714. The van der Waals surface area contributed by atoms with Crippen molar-refractivity contribution in [2.45, 2.75) is 26.3 Å². The van der Waals surface area contributed by atoms with Crippen LogP contribution in [0.1, 0.15) is 20.3 Å². The van der Waals surface area contributed by atoms with Crippen molar-refractivity contribution in [3.8, 4) is 0 Å². The second kappa shape index (κ2) is 8.36. The van der Waals surface area contributed by atoms with Gasteiger partial charge in [-0.2, -0.15) is 0 Å². The summed E-state index contributed by atoms with van der Waals surface area (Å²) in [6.07, 6.45) is 0.862. The van der Waals surface area contributed by atoms with E-state index in [4.69, 9.17) is 0 Å². The lowest BCUT2D eigenvalue weighted by Gasteiger charge is -2.18. The van der Waals surface area contributed by atoms with Crippen molar-refractivity contribution >= 4 is 17.5 Å². The Morgan fingerprint density at radius 1 is 1.19 bits per heavy atom. The lowest BCUT2D eigenvalue weighted by molar-refractivity contribution is -0.123. The minimum atomic E-state index is -0.355. The van der Waals surface area contributed by atoms with Crippen molar-refractivity contribution in [1.82, 2.24) is 10.2 Å². The molecule has 0 heterocycles. The number of hydrogen-bond donors (Lipinski definition) is 2. The van der Waals surface area contributed by atoms with Crippen molar-refractivity contribution in [3.05, 3.63) is 30.1 Å². The van der Waals surface area contributed by atoms with Gasteiger partial charge in [0.2, 0.25) is 11.8 Å². The molecule has 0 spiro atoms. The van der Waals surface area contributed by atoms with E-state index in [0.717, 1.165) is 6.42 Å². The molecule has 0 aromatic heterocycles. The Kier molecular flexibility index (Phi) is 6.81. The smallest absolute Gasteiger partial charge is 0.238 e. The van der Waals surface area contributed by atoms with E-state index in [0.29, 0.717) is 5.69 Å². The van der Waals surface area contributed by atoms with E-state index in [1.54, 1.807) is 11.9 Å². The third-order valence-corrected chi connectivity index (χ3v) is 2.97. The lowest BCUT2D eigenvalue weighted by Crippen LogP contribution is -2.41. The Balaban J connectivity index is 2.36. The predicted molar refractivity (Wildman–Crippen MR) is 80.4 cm³/mol. The number of hydrogen-bond acceptors (Lipinski definition) is 3. The molecule has 1 aromatic rings. The number of likely N-dealkylation sites (N-methyl/N-ethyl adjacent to an activating group) is 1. The summed E-state index contributed by atoms with van der Waals surface area (Å²) >= 11 is 0. The fourth-order valence-corrected chi connectivity index (χ4v) is 1.70. The van der Waals surface area contributed by atoms with Crippen molar-refractivity contribution in [2.75, 3.05) is 25.5 Å². The number of nitrogens with one attached hydrogen (secondary N) is 2. The molecule has 0 unspecified atom stereocenters. The minimum absolute atomic E-state index is 0.0886. The summed E-state index contributed by atoms with van der Waals surface area (Å²) < 4.78 is 12.7. The topological polar surface area (TPSA) is 61.4 Å². The molecule has 6 heteroatoms. The Bertz CT molecular complexity index is 476. The number of carbonyl (C=O) groups excluding carboxylic acids is 2. The maximum Gasteiger partial charge on any atom is 0.238 e. The molecule has 1 aromatic carbocycles. The van der Waals surface area contributed by atoms with Gasteiger partial charge >= 0.3 is 0 Å². The third kappa shape index (κ3) is 6.85. The highest BCUT2D eigenvalue weighted by Gasteiger charge is 2.12. The number of nitrogens with zero attached hydrogens (tertiary/aromatic N) is 1. The number of amides is 2. The predicted octanol–water partition coefficient (Wildman–Crippen LogP) is 1.61. The largest absolute Gasteiger partial charge is 0.353 e. The van der Waals surface area contributed by atoms with Crippen LogP contribution in [0.25, 0.3) is 0 Å². The number of benzene rings is 1. The first kappa shape index (κ1) is 17.1. The van der Waals surface area contributed by atoms with Crippen molar-refractivity contribution in [3.63, 3.8) is 0 Å². The van der Waals surface area contributed by atoms with Crippen LogP contribution < -0.4 is 10.6 Å². The summed E-state index contributed by atoms with van der Waals surface area (Å²) in [6.45, 7) is 4.16. The van der Waals surface area contributed by atoms with Crippen LogP contribution in [-0.2, 0) is 9.59 Å². The monoisotopic (exact) mass is 295 g/mol. The first-order chi connectivity index (χ1) is 9.90. The van der Waals surface area contributed by atoms with Gasteiger partial charge in [0.15, 0.2) is 0 Å². The quantitative estimate of drug-likeness (QED) is 0.803. The molecule has 116 valence electrons. The number of halogens is 1. The molecule has 0 aliphatic carbocycles. The zero-order valence-corrected chi connectivity index (χ0v) is 12.6. The molecule has 2 amide bonds. The van der Waals surface area contributed by atoms with Crippen LogP contribution in [0.3, 0.4) is 0 Å². The third-order valence-electron chi connectivity index (χ3n) is 2.97. The molecule has 0 aliphatic rings. The lowest BCUT2D eigenvalue weighted by atomic mass is 10.2. The minimum Gasteiger partial charge on any atom is -0.353 e. The second-order valence-electron chi connectivity index (χ2n) is 5.10. The summed E-state index contributed by atoms with van der Waals surface area (Å²) in [6, 6.07) is 5.66. The van der Waals surface area contributed by atoms with E-state index in [1.807, 2.05) is 13.8 Å². The molecule has 0 radical (unpaired) electrons. The Morgan fingerprint density at radius 2 is 1.76 bits per heavy atom. The molecular formula is C15H22FN3O2. The highest BCUT2D eigenvalue weighted by Crippen LogP contribution is 2.07. The van der Waals surface area contributed by atoms with Gasteiger partial charge in [0.1, 0.15) is 5.82 Å². The highest BCUT2D eigenvalue weighted by atomic mass is 19.1. The normalized spacial score (nSPS) is 12.0. The zero-order chi connectivity index (χ0) is 15.8. The number of carbonyl (C=O) groups is 2. The van der Waals surface area contributed by atoms with Crippen LogP contribution in [0.5, 0.6) is 0 Å². The van der Waals surface area contributed by atoms with Crippen LogP contribution in [0.15, 0.2) is 24.3 Å². The van der Waals surface area contributed by atoms with Crippen LogP contribution in [-0.4, -0.2) is 42.9 Å². The first-order valence-electron chi connectivity index (χ1n) is 6.94. The van der Waals surface area contributed by atoms with Crippen molar-refractivity contribution in [1.29, 1.82) is 0 Å². The molecule has 0 aliphatic heterocycles. The summed E-state index contributed by atoms with van der Waals surface area (Å²) in [5.41, 5.74) is 0.527. The van der Waals surface area contributed by atoms with Gasteiger partial charge in [0.25, 0.3) is 0 Å². The van der Waals surface area contributed by atoms with Crippen LogP contribution in [0, 0.1) is 5.82 Å². The van der Waals surface area contributed by atoms with E-state index in [1.165, 1.54) is 24.3 Å². The van der Waals surface area contributed by atoms with Crippen molar-refractivity contribution < 1.29 is 14.0 Å². The second-order valence-corrected chi connectivity index (χ2v) is 5.10. The van der Waals surface area contributed by atoms with Gasteiger partial charge in [0.05, 0.1) is 13.1 Å². The van der Waals surface area contributed by atoms with Gasteiger partial charge in [0, 0.05) is 11.7 Å². The molecule has 21 heavy (non-hydrogen) atoms. The molecule has 0 fully saturated rings. The molecule has 0 saturated heterocycles. The molecule has 1 rings (SSSR count). The average molecular weight is 295 g/mol. The molecule has 1 atom stereocenters. The van der Waals surface area contributed by atoms with Gasteiger partial charge in [-0.1, -0.05) is 6.92 Å². The fraction of sp³-hybridized carbons (Fsp3) is 0.467. The zero-order valence-electron chi connectivity index (χ0n) is 12.6. The number of anilines is 1. The van der Waals surface area contributed by atoms with Crippen LogP contribution >= 0.6 is 0 Å². The maximum absolute atomic E-state index is 12.7. The number of rotatable bonds is 7.